The molecule has 3 rings (SSSR count). The monoisotopic (exact) mass is 389 g/mol. The van der Waals surface area contributed by atoms with E-state index in [1.165, 1.54) is 0 Å². The number of carbonyl (C=O) groups excluding carboxylic acids is 2. The lowest BCUT2D eigenvalue weighted by Crippen LogP contribution is -2.68. The summed E-state index contributed by atoms with van der Waals surface area (Å²) in [4.78, 5) is 30.8. The molecule has 2 aliphatic rings. The van der Waals surface area contributed by atoms with Gasteiger partial charge in [-0.3, -0.25) is 14.5 Å². The van der Waals surface area contributed by atoms with E-state index >= 15 is 0 Å². The van der Waals surface area contributed by atoms with Gasteiger partial charge in [0.15, 0.2) is 0 Å². The highest BCUT2D eigenvalue weighted by Gasteiger charge is 2.51. The first kappa shape index (κ1) is 20.8. The van der Waals surface area contributed by atoms with Gasteiger partial charge in [0.05, 0.1) is 38.4 Å². The number of amides is 2. The molecule has 154 valence electrons. The first-order valence-corrected chi connectivity index (χ1v) is 10.1. The van der Waals surface area contributed by atoms with Crippen LogP contribution >= 0.6 is 0 Å². The number of benzene rings is 1. The molecule has 0 saturated carbocycles. The number of likely N-dealkylation sites (N-methyl/N-ethyl adjacent to an activating group) is 1. The van der Waals surface area contributed by atoms with Crippen molar-refractivity contribution in [3.05, 3.63) is 35.9 Å². The van der Waals surface area contributed by atoms with Crippen molar-refractivity contribution in [3.63, 3.8) is 0 Å². The summed E-state index contributed by atoms with van der Waals surface area (Å²) in [6.45, 7) is 5.44. The summed E-state index contributed by atoms with van der Waals surface area (Å²) < 4.78 is 5.34. The van der Waals surface area contributed by atoms with E-state index in [-0.39, 0.29) is 36.4 Å². The predicted octanol–water partition coefficient (Wildman–Crippen LogP) is 0.543. The highest BCUT2D eigenvalue weighted by atomic mass is 16.5. The Morgan fingerprint density at radius 1 is 1.18 bits per heavy atom. The number of nitrogens with zero attached hydrogens (tertiary/aromatic N) is 3. The number of rotatable bonds is 7. The second-order valence-corrected chi connectivity index (χ2v) is 7.57. The minimum Gasteiger partial charge on any atom is -0.394 e. The van der Waals surface area contributed by atoms with Gasteiger partial charge in [-0.2, -0.15) is 0 Å². The lowest BCUT2D eigenvalue weighted by atomic mass is 9.74. The second kappa shape index (κ2) is 9.49. The van der Waals surface area contributed by atoms with Crippen LogP contribution < -0.4 is 0 Å². The SMILES string of the molecule is CCC(=O)N1[C@H](CO)[C@@H](c2ccccc2)[C@H]1CN(C)C(=O)CN1CCOCC1. The van der Waals surface area contributed by atoms with Crippen molar-refractivity contribution in [1.29, 1.82) is 0 Å². The van der Waals surface area contributed by atoms with E-state index in [1.54, 1.807) is 16.8 Å². The molecular weight excluding hydrogens is 358 g/mol. The Morgan fingerprint density at radius 2 is 1.86 bits per heavy atom. The van der Waals surface area contributed by atoms with Crippen LogP contribution in [0, 0.1) is 0 Å². The van der Waals surface area contributed by atoms with Crippen LogP contribution in [-0.2, 0) is 14.3 Å². The van der Waals surface area contributed by atoms with E-state index in [2.05, 4.69) is 4.90 Å². The van der Waals surface area contributed by atoms with Gasteiger partial charge in [0.1, 0.15) is 0 Å². The van der Waals surface area contributed by atoms with Crippen molar-refractivity contribution in [1.82, 2.24) is 14.7 Å². The summed E-state index contributed by atoms with van der Waals surface area (Å²) >= 11 is 0. The molecule has 2 aliphatic heterocycles. The van der Waals surface area contributed by atoms with Gasteiger partial charge in [0.25, 0.3) is 0 Å². The number of likely N-dealkylation sites (tertiary alicyclic amines) is 1. The fourth-order valence-electron chi connectivity index (χ4n) is 4.28. The number of hydrogen-bond donors (Lipinski definition) is 1. The molecule has 0 spiro atoms. The topological polar surface area (TPSA) is 73.3 Å². The van der Waals surface area contributed by atoms with E-state index in [0.29, 0.717) is 32.7 Å². The lowest BCUT2D eigenvalue weighted by molar-refractivity contribution is -0.154. The minimum absolute atomic E-state index is 0.0188. The molecule has 1 N–H and O–H groups in total. The first-order chi connectivity index (χ1) is 13.6. The van der Waals surface area contributed by atoms with Gasteiger partial charge >= 0.3 is 0 Å². The molecule has 0 aromatic heterocycles. The van der Waals surface area contributed by atoms with Gasteiger partial charge in [-0.25, -0.2) is 0 Å². The van der Waals surface area contributed by atoms with Crippen molar-refractivity contribution in [2.45, 2.75) is 31.3 Å². The van der Waals surface area contributed by atoms with Crippen molar-refractivity contribution < 1.29 is 19.4 Å². The van der Waals surface area contributed by atoms with Gasteiger partial charge in [-0.15, -0.1) is 0 Å². The summed E-state index contributed by atoms with van der Waals surface area (Å²) in [7, 11) is 1.80. The van der Waals surface area contributed by atoms with E-state index < -0.39 is 0 Å². The van der Waals surface area contributed by atoms with Crippen LogP contribution in [0.15, 0.2) is 30.3 Å². The molecule has 2 fully saturated rings. The fraction of sp³-hybridized carbons (Fsp3) is 0.619. The van der Waals surface area contributed by atoms with Crippen LogP contribution in [0.2, 0.25) is 0 Å². The Morgan fingerprint density at radius 3 is 2.46 bits per heavy atom. The maximum atomic E-state index is 12.7. The molecule has 0 bridgehead atoms. The summed E-state index contributed by atoms with van der Waals surface area (Å²) in [5.41, 5.74) is 1.10. The quantitative estimate of drug-likeness (QED) is 0.737. The van der Waals surface area contributed by atoms with Crippen LogP contribution in [0.25, 0.3) is 0 Å². The normalized spacial score (nSPS) is 25.2. The Bertz CT molecular complexity index is 663. The Balaban J connectivity index is 1.71. The lowest BCUT2D eigenvalue weighted by Gasteiger charge is -2.56. The van der Waals surface area contributed by atoms with Crippen LogP contribution in [0.1, 0.15) is 24.8 Å². The average molecular weight is 389 g/mol. The van der Waals surface area contributed by atoms with Gasteiger partial charge in [0.2, 0.25) is 11.8 Å². The van der Waals surface area contributed by atoms with Crippen molar-refractivity contribution >= 4 is 11.8 Å². The molecule has 7 heteroatoms. The third-order valence-electron chi connectivity index (χ3n) is 5.85. The number of aliphatic hydroxyl groups is 1. The Labute approximate surface area is 166 Å². The van der Waals surface area contributed by atoms with Gasteiger partial charge in [-0.1, -0.05) is 37.3 Å². The first-order valence-electron chi connectivity index (χ1n) is 10.1. The van der Waals surface area contributed by atoms with Crippen LogP contribution in [-0.4, -0.2) is 96.8 Å². The van der Waals surface area contributed by atoms with E-state index in [0.717, 1.165) is 18.7 Å². The average Bonchev–Trinajstić information content (AvgIpc) is 2.71. The van der Waals surface area contributed by atoms with Crippen molar-refractivity contribution in [3.8, 4) is 0 Å². The molecule has 0 aliphatic carbocycles. The molecule has 2 heterocycles. The highest BCUT2D eigenvalue weighted by molar-refractivity contribution is 5.80. The molecule has 2 saturated heterocycles. The standard InChI is InChI=1S/C21H31N3O4/c1-3-19(26)24-17(21(18(24)15-25)16-7-5-4-6-8-16)13-22(2)20(27)14-23-9-11-28-12-10-23/h4-8,17-18,21,25H,3,9-15H2,1-2H3/t17-,18-,21+/m1/s1. The van der Waals surface area contributed by atoms with Crippen LogP contribution in [0.5, 0.6) is 0 Å². The Kier molecular flexibility index (Phi) is 7.04. The maximum absolute atomic E-state index is 12.7. The molecule has 3 atom stereocenters. The van der Waals surface area contributed by atoms with Gasteiger partial charge < -0.3 is 19.6 Å². The predicted molar refractivity (Wildman–Crippen MR) is 106 cm³/mol. The number of hydrogen-bond acceptors (Lipinski definition) is 5. The number of carbonyl (C=O) groups is 2. The van der Waals surface area contributed by atoms with Crippen LogP contribution in [0.4, 0.5) is 0 Å². The fourth-order valence-corrected chi connectivity index (χ4v) is 4.28. The molecule has 0 unspecified atom stereocenters. The summed E-state index contributed by atoms with van der Waals surface area (Å²) in [5.74, 6) is 0.0932. The number of morpholine rings is 1. The Hall–Kier alpha value is -1.96. The molecule has 1 aromatic rings. The van der Waals surface area contributed by atoms with Gasteiger partial charge in [0, 0.05) is 39.0 Å². The molecule has 2 amide bonds. The molecular formula is C21H31N3O4. The largest absolute Gasteiger partial charge is 0.394 e. The molecule has 0 radical (unpaired) electrons. The highest BCUT2D eigenvalue weighted by Crippen LogP contribution is 2.41. The smallest absolute Gasteiger partial charge is 0.236 e. The third kappa shape index (κ3) is 4.37. The maximum Gasteiger partial charge on any atom is 0.236 e. The van der Waals surface area contributed by atoms with Crippen molar-refractivity contribution in [2.24, 2.45) is 0 Å². The number of ether oxygens (including phenoxy) is 1. The molecule has 28 heavy (non-hydrogen) atoms. The number of aliphatic hydroxyl groups excluding tert-OH is 1. The zero-order valence-corrected chi connectivity index (χ0v) is 16.8. The zero-order valence-electron chi connectivity index (χ0n) is 16.8. The summed E-state index contributed by atoms with van der Waals surface area (Å²) in [6, 6.07) is 9.61. The van der Waals surface area contributed by atoms with E-state index in [4.69, 9.17) is 4.74 Å². The van der Waals surface area contributed by atoms with Crippen molar-refractivity contribution in [2.75, 3.05) is 53.0 Å². The van der Waals surface area contributed by atoms with E-state index in [1.807, 2.05) is 37.3 Å². The molecule has 7 nitrogen and oxygen atoms in total. The third-order valence-corrected chi connectivity index (χ3v) is 5.85. The van der Waals surface area contributed by atoms with Gasteiger partial charge in [-0.05, 0) is 5.56 Å². The molecule has 1 aromatic carbocycles. The zero-order chi connectivity index (χ0) is 20.1. The minimum atomic E-state index is -0.234. The van der Waals surface area contributed by atoms with E-state index in [9.17, 15) is 14.7 Å². The summed E-state index contributed by atoms with van der Waals surface area (Å²) in [5, 5.41) is 9.92. The second-order valence-electron chi connectivity index (χ2n) is 7.57. The van der Waals surface area contributed by atoms with Crippen LogP contribution in [0.3, 0.4) is 0 Å². The summed E-state index contributed by atoms with van der Waals surface area (Å²) in [6.07, 6.45) is 0.389.